The third-order valence-electron chi connectivity index (χ3n) is 4.68. The summed E-state index contributed by atoms with van der Waals surface area (Å²) in [7, 11) is 0. The first kappa shape index (κ1) is 16.4. The van der Waals surface area contributed by atoms with Crippen LogP contribution < -0.4 is 5.32 Å². The Morgan fingerprint density at radius 1 is 1.26 bits per heavy atom. The van der Waals surface area contributed by atoms with Gasteiger partial charge in [-0.25, -0.2) is 4.39 Å². The smallest absolute Gasteiger partial charge is 0.237 e. The van der Waals surface area contributed by atoms with Crippen LogP contribution in [0.5, 0.6) is 0 Å². The van der Waals surface area contributed by atoms with E-state index in [0.29, 0.717) is 19.8 Å². The minimum Gasteiger partial charge on any atom is -0.351 e. The van der Waals surface area contributed by atoms with E-state index in [1.165, 1.54) is 12.1 Å². The quantitative estimate of drug-likeness (QED) is 0.916. The van der Waals surface area contributed by atoms with Gasteiger partial charge in [-0.2, -0.15) is 0 Å². The van der Waals surface area contributed by atoms with Gasteiger partial charge in [-0.1, -0.05) is 12.1 Å². The molecule has 2 aliphatic rings. The van der Waals surface area contributed by atoms with Gasteiger partial charge in [0.25, 0.3) is 0 Å². The molecule has 0 bridgehead atoms. The maximum Gasteiger partial charge on any atom is 0.237 e. The highest BCUT2D eigenvalue weighted by Gasteiger charge is 2.41. The van der Waals surface area contributed by atoms with Crippen molar-refractivity contribution in [2.75, 3.05) is 26.3 Å². The third-order valence-corrected chi connectivity index (χ3v) is 4.68. The highest BCUT2D eigenvalue weighted by atomic mass is 19.1. The summed E-state index contributed by atoms with van der Waals surface area (Å²) in [5.41, 5.74) is 0.886. The lowest BCUT2D eigenvalue weighted by atomic mass is 10.0. The van der Waals surface area contributed by atoms with E-state index in [0.717, 1.165) is 31.5 Å². The van der Waals surface area contributed by atoms with Crippen LogP contribution in [0.2, 0.25) is 0 Å². The summed E-state index contributed by atoms with van der Waals surface area (Å²) in [6, 6.07) is 5.96. The van der Waals surface area contributed by atoms with Gasteiger partial charge >= 0.3 is 0 Å². The van der Waals surface area contributed by atoms with Crippen molar-refractivity contribution >= 4 is 5.91 Å². The average molecular weight is 322 g/mol. The second-order valence-electron chi connectivity index (χ2n) is 6.16. The molecule has 1 spiro atoms. The number of hydrogen-bond acceptors (Lipinski definition) is 4. The fourth-order valence-corrected chi connectivity index (χ4v) is 3.14. The average Bonchev–Trinajstić information content (AvgIpc) is 3.02. The van der Waals surface area contributed by atoms with Crippen LogP contribution in [0, 0.1) is 5.82 Å². The maximum absolute atomic E-state index is 12.9. The van der Waals surface area contributed by atoms with Crippen LogP contribution in [0.25, 0.3) is 0 Å². The topological polar surface area (TPSA) is 50.8 Å². The fraction of sp³-hybridized carbons (Fsp3) is 0.588. The third kappa shape index (κ3) is 3.88. The lowest BCUT2D eigenvalue weighted by molar-refractivity contribution is -0.188. The number of amides is 1. The maximum atomic E-state index is 12.9. The molecule has 2 fully saturated rings. The summed E-state index contributed by atoms with van der Waals surface area (Å²) >= 11 is 0. The monoisotopic (exact) mass is 322 g/mol. The van der Waals surface area contributed by atoms with Crippen molar-refractivity contribution in [1.29, 1.82) is 0 Å². The van der Waals surface area contributed by atoms with Gasteiger partial charge in [-0.15, -0.1) is 0 Å². The van der Waals surface area contributed by atoms with E-state index < -0.39 is 5.79 Å². The Kier molecular flexibility index (Phi) is 4.94. The van der Waals surface area contributed by atoms with E-state index in [9.17, 15) is 9.18 Å². The van der Waals surface area contributed by atoms with Crippen LogP contribution in [0.1, 0.15) is 25.3 Å². The van der Waals surface area contributed by atoms with Crippen LogP contribution >= 0.6 is 0 Å². The number of benzene rings is 1. The largest absolute Gasteiger partial charge is 0.351 e. The number of nitrogens with one attached hydrogen (secondary N) is 1. The van der Waals surface area contributed by atoms with Crippen LogP contribution in [-0.2, 0) is 20.8 Å². The lowest BCUT2D eigenvalue weighted by Crippen LogP contribution is -2.52. The summed E-state index contributed by atoms with van der Waals surface area (Å²) in [6.07, 6.45) is 1.59. The highest BCUT2D eigenvalue weighted by molar-refractivity contribution is 5.81. The second-order valence-corrected chi connectivity index (χ2v) is 6.16. The number of halogens is 1. The second kappa shape index (κ2) is 6.95. The summed E-state index contributed by atoms with van der Waals surface area (Å²) in [5.74, 6) is -0.702. The van der Waals surface area contributed by atoms with Crippen LogP contribution in [0.3, 0.4) is 0 Å². The zero-order valence-electron chi connectivity index (χ0n) is 13.4. The number of ether oxygens (including phenoxy) is 2. The van der Waals surface area contributed by atoms with Gasteiger partial charge in [0.05, 0.1) is 19.3 Å². The van der Waals surface area contributed by atoms with Crippen molar-refractivity contribution in [3.8, 4) is 0 Å². The molecule has 1 N–H and O–H groups in total. The van der Waals surface area contributed by atoms with Gasteiger partial charge in [0.2, 0.25) is 5.91 Å². The van der Waals surface area contributed by atoms with E-state index in [2.05, 4.69) is 10.2 Å². The molecule has 0 aliphatic carbocycles. The molecule has 1 aromatic carbocycles. The van der Waals surface area contributed by atoms with E-state index in [1.807, 2.05) is 6.92 Å². The Morgan fingerprint density at radius 3 is 2.48 bits per heavy atom. The van der Waals surface area contributed by atoms with Crippen molar-refractivity contribution < 1.29 is 18.7 Å². The number of carbonyl (C=O) groups excluding carboxylic acids is 1. The summed E-state index contributed by atoms with van der Waals surface area (Å²) in [4.78, 5) is 14.5. The Balaban J connectivity index is 1.47. The molecule has 3 rings (SSSR count). The predicted molar refractivity (Wildman–Crippen MR) is 83.2 cm³/mol. The first-order valence-corrected chi connectivity index (χ1v) is 8.12. The molecule has 23 heavy (non-hydrogen) atoms. The van der Waals surface area contributed by atoms with Gasteiger partial charge in [-0.05, 0) is 24.6 Å². The molecule has 6 heteroatoms. The lowest BCUT2D eigenvalue weighted by Gasteiger charge is -2.39. The minimum absolute atomic E-state index is 0.0152. The molecule has 1 aromatic rings. The van der Waals surface area contributed by atoms with E-state index in [-0.39, 0.29) is 17.8 Å². The molecule has 1 amide bonds. The van der Waals surface area contributed by atoms with Crippen molar-refractivity contribution in [3.05, 3.63) is 35.6 Å². The fourth-order valence-electron chi connectivity index (χ4n) is 3.14. The van der Waals surface area contributed by atoms with Gasteiger partial charge < -0.3 is 14.8 Å². The van der Waals surface area contributed by atoms with Crippen molar-refractivity contribution in [3.63, 3.8) is 0 Å². The van der Waals surface area contributed by atoms with Crippen molar-refractivity contribution in [2.45, 2.75) is 38.1 Å². The molecule has 0 saturated carbocycles. The zero-order valence-corrected chi connectivity index (χ0v) is 13.4. The molecule has 2 saturated heterocycles. The molecule has 2 aliphatic heterocycles. The highest BCUT2D eigenvalue weighted by Crippen LogP contribution is 2.31. The predicted octanol–water partition coefficient (Wildman–Crippen LogP) is 1.67. The first-order chi connectivity index (χ1) is 11.1. The Labute approximate surface area is 135 Å². The molecular formula is C17H23FN2O3. The molecule has 0 radical (unpaired) electrons. The van der Waals surface area contributed by atoms with Crippen molar-refractivity contribution in [1.82, 2.24) is 10.2 Å². The summed E-state index contributed by atoms with van der Waals surface area (Å²) < 4.78 is 24.3. The van der Waals surface area contributed by atoms with E-state index in [4.69, 9.17) is 9.47 Å². The zero-order chi connectivity index (χ0) is 16.3. The number of nitrogens with zero attached hydrogens (tertiary/aromatic N) is 1. The van der Waals surface area contributed by atoms with Gasteiger partial charge in [0.15, 0.2) is 5.79 Å². The minimum atomic E-state index is -0.416. The molecular weight excluding hydrogens is 299 g/mol. The van der Waals surface area contributed by atoms with E-state index in [1.54, 1.807) is 12.1 Å². The summed E-state index contributed by atoms with van der Waals surface area (Å²) in [5, 5.41) is 2.91. The molecule has 1 unspecified atom stereocenters. The SMILES string of the molecule is CC(C(=O)NCc1ccc(F)cc1)N1CCC2(CC1)OCCO2. The normalized spacial score (nSPS) is 22.2. The van der Waals surface area contributed by atoms with Crippen LogP contribution in [0.15, 0.2) is 24.3 Å². The van der Waals surface area contributed by atoms with Crippen LogP contribution in [-0.4, -0.2) is 48.9 Å². The van der Waals surface area contributed by atoms with E-state index >= 15 is 0 Å². The molecule has 5 nitrogen and oxygen atoms in total. The molecule has 0 aromatic heterocycles. The Hall–Kier alpha value is -1.50. The molecule has 2 heterocycles. The van der Waals surface area contributed by atoms with Crippen LogP contribution in [0.4, 0.5) is 4.39 Å². The molecule has 126 valence electrons. The molecule has 1 atom stereocenters. The number of piperidine rings is 1. The standard InChI is InChI=1S/C17H23FN2O3/c1-13(16(21)19-12-14-2-4-15(18)5-3-14)20-8-6-17(7-9-20)22-10-11-23-17/h2-5,13H,6-12H2,1H3,(H,19,21). The Morgan fingerprint density at radius 2 is 1.87 bits per heavy atom. The summed E-state index contributed by atoms with van der Waals surface area (Å²) in [6.45, 7) is 5.21. The number of likely N-dealkylation sites (tertiary alicyclic amines) is 1. The Bertz CT molecular complexity index is 533. The number of hydrogen-bond donors (Lipinski definition) is 1. The first-order valence-electron chi connectivity index (χ1n) is 8.12. The van der Waals surface area contributed by atoms with Gasteiger partial charge in [-0.3, -0.25) is 9.69 Å². The number of carbonyl (C=O) groups is 1. The van der Waals surface area contributed by atoms with Gasteiger partial charge in [0.1, 0.15) is 5.82 Å². The van der Waals surface area contributed by atoms with Crippen molar-refractivity contribution in [2.24, 2.45) is 0 Å². The number of rotatable bonds is 4. The van der Waals surface area contributed by atoms with Gasteiger partial charge in [0, 0.05) is 32.5 Å².